The summed E-state index contributed by atoms with van der Waals surface area (Å²) < 4.78 is 14.4. The maximum atomic E-state index is 14.4. The summed E-state index contributed by atoms with van der Waals surface area (Å²) >= 11 is 0. The average Bonchev–Trinajstić information content (AvgIpc) is 2.64. The molecule has 136 valence electrons. The van der Waals surface area contributed by atoms with Crippen molar-refractivity contribution in [3.63, 3.8) is 0 Å². The van der Waals surface area contributed by atoms with Crippen molar-refractivity contribution in [2.45, 2.75) is 12.8 Å². The molecule has 0 saturated heterocycles. The first-order valence-electron chi connectivity index (χ1n) is 7.99. The first-order valence-corrected chi connectivity index (χ1v) is 7.99. The van der Waals surface area contributed by atoms with Gasteiger partial charge in [-0.1, -0.05) is 42.5 Å². The van der Waals surface area contributed by atoms with Crippen LogP contribution in [0, 0.1) is 5.82 Å². The molecule has 2 aromatic carbocycles. The lowest BCUT2D eigenvalue weighted by Gasteiger charge is -2.14. The summed E-state index contributed by atoms with van der Waals surface area (Å²) in [5, 5.41) is 13.0. The maximum Gasteiger partial charge on any atom is 0.322 e. The molecule has 6 nitrogen and oxygen atoms in total. The van der Waals surface area contributed by atoms with Crippen LogP contribution in [0.25, 0.3) is 11.1 Å². The monoisotopic (exact) mass is 358 g/mol. The van der Waals surface area contributed by atoms with Gasteiger partial charge in [-0.3, -0.25) is 14.4 Å². The van der Waals surface area contributed by atoms with Gasteiger partial charge in [-0.25, -0.2) is 4.39 Å². The molecule has 0 fully saturated rings. The molecule has 2 rings (SSSR count). The molecule has 0 aliphatic carbocycles. The van der Waals surface area contributed by atoms with Crippen LogP contribution < -0.4 is 10.6 Å². The molecule has 26 heavy (non-hydrogen) atoms. The predicted octanol–water partition coefficient (Wildman–Crippen LogP) is 1.91. The van der Waals surface area contributed by atoms with Crippen molar-refractivity contribution in [3.05, 3.63) is 59.9 Å². The van der Waals surface area contributed by atoms with E-state index in [1.54, 1.807) is 31.2 Å². The Labute approximate surface area is 150 Å². The summed E-state index contributed by atoms with van der Waals surface area (Å²) in [6.07, 6.45) is 0. The van der Waals surface area contributed by atoms with Crippen molar-refractivity contribution in [2.24, 2.45) is 0 Å². The number of carboxylic acids is 1. The van der Waals surface area contributed by atoms with E-state index in [1.807, 2.05) is 18.2 Å². The van der Waals surface area contributed by atoms with Gasteiger partial charge in [0.15, 0.2) is 0 Å². The van der Waals surface area contributed by atoms with Gasteiger partial charge in [0, 0.05) is 5.56 Å². The predicted molar refractivity (Wildman–Crippen MR) is 93.9 cm³/mol. The Morgan fingerprint density at radius 1 is 1.04 bits per heavy atom. The summed E-state index contributed by atoms with van der Waals surface area (Å²) in [6, 6.07) is 13.6. The third-order valence-corrected chi connectivity index (χ3v) is 3.83. The van der Waals surface area contributed by atoms with Crippen LogP contribution in [-0.4, -0.2) is 36.0 Å². The van der Waals surface area contributed by atoms with Gasteiger partial charge in [0.1, 0.15) is 12.4 Å². The highest BCUT2D eigenvalue weighted by Crippen LogP contribution is 2.26. The highest BCUT2D eigenvalue weighted by Gasteiger charge is 2.18. The van der Waals surface area contributed by atoms with Gasteiger partial charge in [-0.05, 0) is 24.1 Å². The summed E-state index contributed by atoms with van der Waals surface area (Å²) in [4.78, 5) is 33.9. The summed E-state index contributed by atoms with van der Waals surface area (Å²) in [5.74, 6) is -3.35. The van der Waals surface area contributed by atoms with Crippen molar-refractivity contribution in [2.75, 3.05) is 13.1 Å². The summed E-state index contributed by atoms with van der Waals surface area (Å²) in [5.41, 5.74) is 1.66. The van der Waals surface area contributed by atoms with Crippen molar-refractivity contribution in [3.8, 4) is 11.1 Å². The number of halogens is 1. The number of carbonyl (C=O) groups is 3. The second-order valence-corrected chi connectivity index (χ2v) is 5.72. The smallest absolute Gasteiger partial charge is 0.322 e. The van der Waals surface area contributed by atoms with E-state index in [0.717, 1.165) is 5.56 Å². The van der Waals surface area contributed by atoms with Gasteiger partial charge in [0.25, 0.3) is 0 Å². The van der Waals surface area contributed by atoms with Crippen molar-refractivity contribution in [1.29, 1.82) is 0 Å². The summed E-state index contributed by atoms with van der Waals surface area (Å²) in [7, 11) is 0. The fourth-order valence-electron chi connectivity index (χ4n) is 2.36. The second kappa shape index (κ2) is 8.75. The largest absolute Gasteiger partial charge is 0.480 e. The number of carbonyl (C=O) groups excluding carboxylic acids is 2. The summed E-state index contributed by atoms with van der Waals surface area (Å²) in [6.45, 7) is 0.735. The Morgan fingerprint density at radius 3 is 2.35 bits per heavy atom. The molecule has 0 aliphatic rings. The Balaban J connectivity index is 1.99. The van der Waals surface area contributed by atoms with Crippen LogP contribution >= 0.6 is 0 Å². The number of aliphatic carboxylic acids is 1. The molecule has 1 atom stereocenters. The molecule has 0 spiro atoms. The molecular formula is C19H19FN2O4. The molecule has 0 unspecified atom stereocenters. The Kier molecular flexibility index (Phi) is 6.43. The first kappa shape index (κ1) is 19.1. The van der Waals surface area contributed by atoms with Crippen molar-refractivity contribution >= 4 is 17.8 Å². The lowest BCUT2D eigenvalue weighted by atomic mass is 9.96. The molecule has 2 aromatic rings. The fraction of sp³-hybridized carbons (Fsp3) is 0.211. The second-order valence-electron chi connectivity index (χ2n) is 5.72. The number of amides is 2. The zero-order valence-electron chi connectivity index (χ0n) is 14.2. The molecule has 7 heteroatoms. The SMILES string of the molecule is C[C@H](C(=O)NCC(=O)NCC(=O)O)c1ccc(-c2ccccc2)c(F)c1. The number of hydrogen-bond acceptors (Lipinski definition) is 3. The molecule has 0 radical (unpaired) electrons. The van der Waals surface area contributed by atoms with E-state index in [4.69, 9.17) is 5.11 Å². The van der Waals surface area contributed by atoms with E-state index in [-0.39, 0.29) is 6.54 Å². The maximum absolute atomic E-state index is 14.4. The molecule has 0 heterocycles. The lowest BCUT2D eigenvalue weighted by molar-refractivity contribution is -0.137. The lowest BCUT2D eigenvalue weighted by Crippen LogP contribution is -2.40. The molecule has 0 saturated carbocycles. The molecule has 0 aromatic heterocycles. The number of hydrogen-bond donors (Lipinski definition) is 3. The number of rotatable bonds is 7. The van der Waals surface area contributed by atoms with Crippen LogP contribution in [0.5, 0.6) is 0 Å². The number of benzene rings is 2. The van der Waals surface area contributed by atoms with Crippen molar-refractivity contribution < 1.29 is 23.9 Å². The van der Waals surface area contributed by atoms with Gasteiger partial charge >= 0.3 is 5.97 Å². The van der Waals surface area contributed by atoms with E-state index in [9.17, 15) is 18.8 Å². The van der Waals surface area contributed by atoms with Crippen LogP contribution in [0.4, 0.5) is 4.39 Å². The number of nitrogens with one attached hydrogen (secondary N) is 2. The molecule has 0 aliphatic heterocycles. The highest BCUT2D eigenvalue weighted by atomic mass is 19.1. The normalized spacial score (nSPS) is 11.5. The van der Waals surface area contributed by atoms with E-state index < -0.39 is 36.1 Å². The minimum Gasteiger partial charge on any atom is -0.480 e. The van der Waals surface area contributed by atoms with Crippen molar-refractivity contribution in [1.82, 2.24) is 10.6 Å². The Morgan fingerprint density at radius 2 is 1.73 bits per heavy atom. The zero-order valence-corrected chi connectivity index (χ0v) is 14.2. The van der Waals surface area contributed by atoms with E-state index in [0.29, 0.717) is 11.1 Å². The van der Waals surface area contributed by atoms with Gasteiger partial charge in [-0.2, -0.15) is 0 Å². The third-order valence-electron chi connectivity index (χ3n) is 3.83. The average molecular weight is 358 g/mol. The fourth-order valence-corrected chi connectivity index (χ4v) is 2.36. The van der Waals surface area contributed by atoms with Gasteiger partial charge in [0.05, 0.1) is 12.5 Å². The zero-order chi connectivity index (χ0) is 19.1. The van der Waals surface area contributed by atoms with Crippen LogP contribution in [0.15, 0.2) is 48.5 Å². The third kappa shape index (κ3) is 5.14. The molecule has 3 N–H and O–H groups in total. The first-order chi connectivity index (χ1) is 12.4. The van der Waals surface area contributed by atoms with Gasteiger partial charge < -0.3 is 15.7 Å². The Bertz CT molecular complexity index is 808. The van der Waals surface area contributed by atoms with Crippen LogP contribution in [0.1, 0.15) is 18.4 Å². The Hall–Kier alpha value is -3.22. The highest BCUT2D eigenvalue weighted by molar-refractivity contribution is 5.89. The van der Waals surface area contributed by atoms with E-state index in [1.165, 1.54) is 6.07 Å². The van der Waals surface area contributed by atoms with Gasteiger partial charge in [0.2, 0.25) is 11.8 Å². The number of carboxylic acid groups (broad SMARTS) is 1. The minimum atomic E-state index is -1.17. The molecule has 2 amide bonds. The van der Waals surface area contributed by atoms with Crippen LogP contribution in [-0.2, 0) is 14.4 Å². The van der Waals surface area contributed by atoms with Crippen LogP contribution in [0.2, 0.25) is 0 Å². The van der Waals surface area contributed by atoms with E-state index >= 15 is 0 Å². The van der Waals surface area contributed by atoms with Gasteiger partial charge in [-0.15, -0.1) is 0 Å². The topological polar surface area (TPSA) is 95.5 Å². The minimum absolute atomic E-state index is 0.346. The van der Waals surface area contributed by atoms with Crippen LogP contribution in [0.3, 0.4) is 0 Å². The molecular weight excluding hydrogens is 339 g/mol. The standard InChI is InChI=1S/C19H19FN2O4/c1-12(19(26)22-10-17(23)21-11-18(24)25)14-7-8-15(16(20)9-14)13-5-3-2-4-6-13/h2-9,12H,10-11H2,1H3,(H,21,23)(H,22,26)(H,24,25)/t12-/m0/s1. The van der Waals surface area contributed by atoms with E-state index in [2.05, 4.69) is 10.6 Å². The quantitative estimate of drug-likeness (QED) is 0.705. The molecule has 0 bridgehead atoms.